The van der Waals surface area contributed by atoms with E-state index in [4.69, 9.17) is 9.73 Å². The predicted molar refractivity (Wildman–Crippen MR) is 125 cm³/mol. The number of likely N-dealkylation sites (N-methyl/N-ethyl adjacent to an activating group) is 1. The molecule has 1 unspecified atom stereocenters. The van der Waals surface area contributed by atoms with Gasteiger partial charge >= 0.3 is 0 Å². The van der Waals surface area contributed by atoms with Crippen molar-refractivity contribution < 1.29 is 4.74 Å². The zero-order chi connectivity index (χ0) is 22.2. The monoisotopic (exact) mass is 427 g/mol. The fourth-order valence-electron chi connectivity index (χ4n) is 4.09. The van der Waals surface area contributed by atoms with Crippen LogP contribution in [-0.2, 0) is 20.0 Å². The Morgan fingerprint density at radius 3 is 2.81 bits per heavy atom. The van der Waals surface area contributed by atoms with Gasteiger partial charge in [0.05, 0.1) is 7.11 Å². The van der Waals surface area contributed by atoms with Gasteiger partial charge in [-0.3, -0.25) is 4.90 Å². The average molecular weight is 428 g/mol. The highest BCUT2D eigenvalue weighted by molar-refractivity contribution is 5.79. The van der Waals surface area contributed by atoms with Gasteiger partial charge in [-0.15, -0.1) is 10.2 Å². The van der Waals surface area contributed by atoms with Crippen LogP contribution < -0.4 is 15.4 Å². The minimum atomic E-state index is 0.489. The molecule has 0 aliphatic carbocycles. The van der Waals surface area contributed by atoms with Crippen molar-refractivity contribution in [3.8, 4) is 5.75 Å². The van der Waals surface area contributed by atoms with Gasteiger partial charge in [0.15, 0.2) is 11.8 Å². The van der Waals surface area contributed by atoms with Gasteiger partial charge in [0.25, 0.3) is 0 Å². The molecule has 170 valence electrons. The summed E-state index contributed by atoms with van der Waals surface area (Å²) in [5, 5.41) is 15.4. The molecule has 1 atom stereocenters. The molecule has 1 aliphatic heterocycles. The number of aromatic nitrogens is 3. The Morgan fingerprint density at radius 2 is 2.10 bits per heavy atom. The van der Waals surface area contributed by atoms with Crippen molar-refractivity contribution >= 4 is 5.96 Å². The van der Waals surface area contributed by atoms with Gasteiger partial charge < -0.3 is 19.9 Å². The lowest BCUT2D eigenvalue weighted by molar-refractivity contribution is 0.267. The summed E-state index contributed by atoms with van der Waals surface area (Å²) in [6.45, 7) is 10.7. The molecule has 0 spiro atoms. The fourth-order valence-corrected chi connectivity index (χ4v) is 4.09. The highest BCUT2D eigenvalue weighted by Crippen LogP contribution is 2.20. The van der Waals surface area contributed by atoms with Crippen molar-refractivity contribution in [1.82, 2.24) is 30.3 Å². The molecule has 8 heteroatoms. The lowest BCUT2D eigenvalue weighted by Crippen LogP contribution is -2.45. The van der Waals surface area contributed by atoms with E-state index >= 15 is 0 Å². The molecule has 0 bridgehead atoms. The van der Waals surface area contributed by atoms with E-state index < -0.39 is 0 Å². The first-order valence-corrected chi connectivity index (χ1v) is 11.3. The number of aryl methyl sites for hydroxylation is 2. The zero-order valence-electron chi connectivity index (χ0n) is 19.6. The van der Waals surface area contributed by atoms with Crippen molar-refractivity contribution in [2.24, 2.45) is 12.0 Å². The smallest absolute Gasteiger partial charge is 0.191 e. The number of nitrogens with zero attached hydrogens (tertiary/aromatic N) is 5. The number of benzene rings is 1. The van der Waals surface area contributed by atoms with Crippen LogP contribution in [0.1, 0.15) is 42.5 Å². The molecular formula is C23H37N7O. The van der Waals surface area contributed by atoms with Gasteiger partial charge in [-0.05, 0) is 57.8 Å². The van der Waals surface area contributed by atoms with E-state index in [0.29, 0.717) is 12.6 Å². The average Bonchev–Trinajstić information content (AvgIpc) is 3.36. The summed E-state index contributed by atoms with van der Waals surface area (Å²) >= 11 is 0. The van der Waals surface area contributed by atoms with Gasteiger partial charge in [0, 0.05) is 26.2 Å². The quantitative estimate of drug-likeness (QED) is 0.472. The van der Waals surface area contributed by atoms with Crippen molar-refractivity contribution in [3.05, 3.63) is 41.0 Å². The molecule has 1 aromatic carbocycles. The van der Waals surface area contributed by atoms with E-state index in [0.717, 1.165) is 49.4 Å². The number of likely N-dealkylation sites (tertiary alicyclic amines) is 1. The van der Waals surface area contributed by atoms with Crippen molar-refractivity contribution in [2.45, 2.75) is 52.6 Å². The summed E-state index contributed by atoms with van der Waals surface area (Å²) in [6, 6.07) is 6.86. The molecule has 0 radical (unpaired) electrons. The maximum Gasteiger partial charge on any atom is 0.191 e. The Bertz CT molecular complexity index is 877. The standard InChI is InChI=1S/C23H37N7O/c1-6-30-13-7-8-20(30)15-25-23(26-16-22-28-27-18(3)29(22)4)24-12-11-19-14-17(2)9-10-21(19)31-5/h9-10,14,20H,6-8,11-13,15-16H2,1-5H3,(H2,24,25,26). The molecule has 0 saturated carbocycles. The number of hydrogen-bond acceptors (Lipinski definition) is 5. The third-order valence-corrected chi connectivity index (χ3v) is 6.09. The van der Waals surface area contributed by atoms with Crippen LogP contribution in [0.2, 0.25) is 0 Å². The van der Waals surface area contributed by atoms with Gasteiger partial charge in [-0.1, -0.05) is 24.6 Å². The molecule has 3 rings (SSSR count). The SMILES string of the molecule is CCN1CCCC1CNC(=NCc1nnc(C)n1C)NCCc1cc(C)ccc1OC. The summed E-state index contributed by atoms with van der Waals surface area (Å²) in [4.78, 5) is 7.33. The van der Waals surface area contributed by atoms with Gasteiger partial charge in [-0.2, -0.15) is 0 Å². The van der Waals surface area contributed by atoms with Crippen LogP contribution in [0.25, 0.3) is 0 Å². The number of nitrogens with one attached hydrogen (secondary N) is 2. The van der Waals surface area contributed by atoms with E-state index in [9.17, 15) is 0 Å². The lowest BCUT2D eigenvalue weighted by atomic mass is 10.1. The molecule has 1 saturated heterocycles. The number of aliphatic imine (C=N–C) groups is 1. The second kappa shape index (κ2) is 11.1. The molecule has 8 nitrogen and oxygen atoms in total. The number of hydrogen-bond donors (Lipinski definition) is 2. The van der Waals surface area contributed by atoms with Gasteiger partial charge in [0.1, 0.15) is 18.1 Å². The van der Waals surface area contributed by atoms with E-state index in [1.54, 1.807) is 7.11 Å². The molecule has 2 aromatic rings. The summed E-state index contributed by atoms with van der Waals surface area (Å²) in [5.74, 6) is 3.49. The third kappa shape index (κ3) is 6.19. The fraction of sp³-hybridized carbons (Fsp3) is 0.609. The summed E-state index contributed by atoms with van der Waals surface area (Å²) in [6.07, 6.45) is 3.36. The molecule has 1 fully saturated rings. The summed E-state index contributed by atoms with van der Waals surface area (Å²) in [5.41, 5.74) is 2.44. The second-order valence-corrected chi connectivity index (χ2v) is 8.18. The van der Waals surface area contributed by atoms with E-state index in [1.165, 1.54) is 30.5 Å². The van der Waals surface area contributed by atoms with Crippen LogP contribution in [-0.4, -0.2) is 65.0 Å². The maximum absolute atomic E-state index is 5.52. The normalized spacial score (nSPS) is 17.2. The molecule has 1 aliphatic rings. The largest absolute Gasteiger partial charge is 0.496 e. The van der Waals surface area contributed by atoms with Crippen LogP contribution in [0, 0.1) is 13.8 Å². The Kier molecular flexibility index (Phi) is 8.28. The van der Waals surface area contributed by atoms with Crippen LogP contribution in [0.15, 0.2) is 23.2 Å². The second-order valence-electron chi connectivity index (χ2n) is 8.18. The molecule has 0 amide bonds. The Labute approximate surface area is 186 Å². The van der Waals surface area contributed by atoms with Crippen molar-refractivity contribution in [1.29, 1.82) is 0 Å². The lowest BCUT2D eigenvalue weighted by Gasteiger charge is -2.24. The summed E-state index contributed by atoms with van der Waals surface area (Å²) in [7, 11) is 3.70. The minimum absolute atomic E-state index is 0.489. The number of ether oxygens (including phenoxy) is 1. The predicted octanol–water partition coefficient (Wildman–Crippen LogP) is 2.20. The van der Waals surface area contributed by atoms with E-state index in [-0.39, 0.29) is 0 Å². The maximum atomic E-state index is 5.52. The highest BCUT2D eigenvalue weighted by Gasteiger charge is 2.22. The van der Waals surface area contributed by atoms with Gasteiger partial charge in [-0.25, -0.2) is 4.99 Å². The van der Waals surface area contributed by atoms with E-state index in [1.807, 2.05) is 24.6 Å². The van der Waals surface area contributed by atoms with Crippen LogP contribution in [0.4, 0.5) is 0 Å². The molecule has 31 heavy (non-hydrogen) atoms. The Balaban J connectivity index is 1.64. The van der Waals surface area contributed by atoms with Gasteiger partial charge in [0.2, 0.25) is 0 Å². The first-order valence-electron chi connectivity index (χ1n) is 11.3. The highest BCUT2D eigenvalue weighted by atomic mass is 16.5. The van der Waals surface area contributed by atoms with Crippen LogP contribution in [0.3, 0.4) is 0 Å². The van der Waals surface area contributed by atoms with Crippen LogP contribution in [0.5, 0.6) is 5.75 Å². The molecular weight excluding hydrogens is 390 g/mol. The topological polar surface area (TPSA) is 79.6 Å². The number of rotatable bonds is 9. The van der Waals surface area contributed by atoms with Crippen molar-refractivity contribution in [2.75, 3.05) is 33.3 Å². The van der Waals surface area contributed by atoms with E-state index in [2.05, 4.69) is 51.7 Å². The Hall–Kier alpha value is -2.61. The Morgan fingerprint density at radius 1 is 1.26 bits per heavy atom. The first-order chi connectivity index (χ1) is 15.0. The minimum Gasteiger partial charge on any atom is -0.496 e. The summed E-state index contributed by atoms with van der Waals surface area (Å²) < 4.78 is 7.50. The molecule has 2 N–H and O–H groups in total. The van der Waals surface area contributed by atoms with Crippen LogP contribution >= 0.6 is 0 Å². The molecule has 1 aromatic heterocycles. The number of methoxy groups -OCH3 is 1. The third-order valence-electron chi connectivity index (χ3n) is 6.09. The number of guanidine groups is 1. The first kappa shape index (κ1) is 23.1. The van der Waals surface area contributed by atoms with Crippen molar-refractivity contribution in [3.63, 3.8) is 0 Å². The zero-order valence-corrected chi connectivity index (χ0v) is 19.6. The molecule has 2 heterocycles.